The molecule has 2 N–H and O–H groups in total. The summed E-state index contributed by atoms with van der Waals surface area (Å²) in [6, 6.07) is 8.07. The van der Waals surface area contributed by atoms with Crippen LogP contribution >= 0.6 is 0 Å². The van der Waals surface area contributed by atoms with Crippen molar-refractivity contribution in [3.8, 4) is 5.75 Å². The number of aryl methyl sites for hydroxylation is 1. The van der Waals surface area contributed by atoms with Crippen LogP contribution in [0.15, 0.2) is 29.3 Å². The normalized spacial score (nSPS) is 13.1. The Kier molecular flexibility index (Phi) is 8.36. The lowest BCUT2D eigenvalue weighted by atomic mass is 10.2. The molecule has 0 amide bonds. The number of hydrogen-bond donors (Lipinski definition) is 2. The van der Waals surface area contributed by atoms with Crippen molar-refractivity contribution in [1.82, 2.24) is 15.5 Å². The predicted molar refractivity (Wildman–Crippen MR) is 93.8 cm³/mol. The molecule has 1 unspecified atom stereocenters. The summed E-state index contributed by atoms with van der Waals surface area (Å²) in [6.45, 7) is 6.79. The van der Waals surface area contributed by atoms with E-state index < -0.39 is 0 Å². The monoisotopic (exact) mass is 306 g/mol. The third kappa shape index (κ3) is 7.31. The number of benzene rings is 1. The molecule has 0 aliphatic heterocycles. The average Bonchev–Trinajstić information content (AvgIpc) is 2.48. The molecule has 0 fully saturated rings. The van der Waals surface area contributed by atoms with Crippen LogP contribution in [0, 0.1) is 6.92 Å². The van der Waals surface area contributed by atoms with E-state index in [9.17, 15) is 0 Å². The second-order valence-electron chi connectivity index (χ2n) is 5.73. The van der Waals surface area contributed by atoms with Crippen molar-refractivity contribution in [2.24, 2.45) is 4.99 Å². The minimum atomic E-state index is 0.0708. The van der Waals surface area contributed by atoms with E-state index in [4.69, 9.17) is 4.74 Å². The fourth-order valence-corrected chi connectivity index (χ4v) is 2.01. The van der Waals surface area contributed by atoms with Gasteiger partial charge in [-0.3, -0.25) is 4.99 Å². The summed E-state index contributed by atoms with van der Waals surface area (Å²) < 4.78 is 5.95. The van der Waals surface area contributed by atoms with Gasteiger partial charge in [0, 0.05) is 13.6 Å². The zero-order chi connectivity index (χ0) is 16.4. The van der Waals surface area contributed by atoms with Crippen LogP contribution in [0.5, 0.6) is 5.75 Å². The zero-order valence-electron chi connectivity index (χ0n) is 14.5. The molecule has 1 aromatic carbocycles. The van der Waals surface area contributed by atoms with Crippen molar-refractivity contribution in [3.05, 3.63) is 29.8 Å². The van der Waals surface area contributed by atoms with Crippen LogP contribution in [-0.2, 0) is 0 Å². The smallest absolute Gasteiger partial charge is 0.191 e. The first-order valence-electron chi connectivity index (χ1n) is 7.84. The van der Waals surface area contributed by atoms with Gasteiger partial charge in [-0.25, -0.2) is 0 Å². The lowest BCUT2D eigenvalue weighted by Gasteiger charge is -2.19. The first kappa shape index (κ1) is 18.3. The Morgan fingerprint density at radius 1 is 1.27 bits per heavy atom. The van der Waals surface area contributed by atoms with Gasteiger partial charge < -0.3 is 20.3 Å². The van der Waals surface area contributed by atoms with Gasteiger partial charge in [-0.05, 0) is 52.5 Å². The molecule has 1 atom stereocenters. The fraction of sp³-hybridized carbons (Fsp3) is 0.588. The van der Waals surface area contributed by atoms with E-state index in [2.05, 4.69) is 54.5 Å². The van der Waals surface area contributed by atoms with Crippen molar-refractivity contribution in [3.63, 3.8) is 0 Å². The van der Waals surface area contributed by atoms with Gasteiger partial charge in [0.15, 0.2) is 5.96 Å². The van der Waals surface area contributed by atoms with Crippen LogP contribution in [0.3, 0.4) is 0 Å². The Bertz CT molecular complexity index is 460. The summed E-state index contributed by atoms with van der Waals surface area (Å²) in [7, 11) is 5.95. The molecule has 0 saturated carbocycles. The lowest BCUT2D eigenvalue weighted by molar-refractivity contribution is 0.222. The van der Waals surface area contributed by atoms with Gasteiger partial charge >= 0.3 is 0 Å². The maximum Gasteiger partial charge on any atom is 0.191 e. The molecular weight excluding hydrogens is 276 g/mol. The molecule has 0 spiro atoms. The van der Waals surface area contributed by atoms with Crippen LogP contribution in [0.4, 0.5) is 0 Å². The molecular formula is C17H30N4O. The van der Waals surface area contributed by atoms with E-state index in [1.165, 1.54) is 0 Å². The molecule has 0 heterocycles. The van der Waals surface area contributed by atoms with E-state index in [0.717, 1.165) is 36.8 Å². The summed E-state index contributed by atoms with van der Waals surface area (Å²) in [5.74, 6) is 1.75. The maximum atomic E-state index is 5.95. The molecule has 0 aliphatic rings. The van der Waals surface area contributed by atoms with Gasteiger partial charge in [0.2, 0.25) is 0 Å². The van der Waals surface area contributed by atoms with Crippen LogP contribution in [0.2, 0.25) is 0 Å². The second-order valence-corrected chi connectivity index (χ2v) is 5.73. The number of nitrogens with zero attached hydrogens (tertiary/aromatic N) is 2. The quantitative estimate of drug-likeness (QED) is 0.437. The summed E-state index contributed by atoms with van der Waals surface area (Å²) in [4.78, 5) is 6.40. The topological polar surface area (TPSA) is 48.9 Å². The van der Waals surface area contributed by atoms with E-state index in [-0.39, 0.29) is 6.10 Å². The van der Waals surface area contributed by atoms with E-state index >= 15 is 0 Å². The third-order valence-electron chi connectivity index (χ3n) is 3.28. The summed E-state index contributed by atoms with van der Waals surface area (Å²) in [5.41, 5.74) is 1.15. The van der Waals surface area contributed by atoms with Gasteiger partial charge in [0.1, 0.15) is 11.9 Å². The Morgan fingerprint density at radius 3 is 2.64 bits per heavy atom. The summed E-state index contributed by atoms with van der Waals surface area (Å²) in [5, 5.41) is 6.61. The number of aliphatic imine (C=N–C) groups is 1. The Labute approximate surface area is 134 Å². The molecule has 5 nitrogen and oxygen atoms in total. The van der Waals surface area contributed by atoms with Gasteiger partial charge in [0.05, 0.1) is 6.54 Å². The molecule has 1 rings (SSSR count). The largest absolute Gasteiger partial charge is 0.489 e. The molecule has 0 aromatic heterocycles. The number of hydrogen-bond acceptors (Lipinski definition) is 3. The van der Waals surface area contributed by atoms with Gasteiger partial charge in [0.25, 0.3) is 0 Å². The first-order valence-corrected chi connectivity index (χ1v) is 7.84. The number of para-hydroxylation sites is 1. The highest BCUT2D eigenvalue weighted by Crippen LogP contribution is 2.17. The Balaban J connectivity index is 2.29. The molecule has 0 bridgehead atoms. The minimum absolute atomic E-state index is 0.0708. The number of nitrogens with one attached hydrogen (secondary N) is 2. The number of guanidine groups is 1. The molecule has 0 saturated heterocycles. The van der Waals surface area contributed by atoms with Crippen LogP contribution in [0.25, 0.3) is 0 Å². The van der Waals surface area contributed by atoms with Gasteiger partial charge in [-0.2, -0.15) is 0 Å². The van der Waals surface area contributed by atoms with Gasteiger partial charge in [-0.1, -0.05) is 18.2 Å². The molecule has 0 aliphatic carbocycles. The highest BCUT2D eigenvalue weighted by molar-refractivity contribution is 5.79. The SMILES string of the molecule is CN=C(NCCCN(C)C)NCC(C)Oc1ccccc1C. The van der Waals surface area contributed by atoms with Gasteiger partial charge in [-0.15, -0.1) is 0 Å². The molecule has 22 heavy (non-hydrogen) atoms. The van der Waals surface area contributed by atoms with Crippen LogP contribution in [-0.4, -0.2) is 57.7 Å². The van der Waals surface area contributed by atoms with Crippen LogP contribution in [0.1, 0.15) is 18.9 Å². The molecule has 0 radical (unpaired) electrons. The first-order chi connectivity index (χ1) is 10.5. The summed E-state index contributed by atoms with van der Waals surface area (Å²) in [6.07, 6.45) is 1.16. The fourth-order valence-electron chi connectivity index (χ4n) is 2.01. The molecule has 1 aromatic rings. The Hall–Kier alpha value is -1.75. The van der Waals surface area contributed by atoms with Crippen molar-refractivity contribution >= 4 is 5.96 Å². The number of rotatable bonds is 8. The zero-order valence-corrected chi connectivity index (χ0v) is 14.5. The average molecular weight is 306 g/mol. The van der Waals surface area contributed by atoms with Crippen molar-refractivity contribution in [2.45, 2.75) is 26.4 Å². The van der Waals surface area contributed by atoms with Crippen molar-refractivity contribution in [2.75, 3.05) is 40.8 Å². The van der Waals surface area contributed by atoms with E-state index in [0.29, 0.717) is 6.54 Å². The van der Waals surface area contributed by atoms with Crippen molar-refractivity contribution in [1.29, 1.82) is 0 Å². The van der Waals surface area contributed by atoms with Crippen LogP contribution < -0.4 is 15.4 Å². The van der Waals surface area contributed by atoms with E-state index in [1.807, 2.05) is 18.2 Å². The lowest BCUT2D eigenvalue weighted by Crippen LogP contribution is -2.42. The standard InChI is InChI=1S/C17H30N4O/c1-14-9-6-7-10-16(14)22-15(2)13-20-17(18-3)19-11-8-12-21(4)5/h6-7,9-10,15H,8,11-13H2,1-5H3,(H2,18,19,20). The maximum absolute atomic E-state index is 5.95. The Morgan fingerprint density at radius 2 is 2.00 bits per heavy atom. The van der Waals surface area contributed by atoms with E-state index in [1.54, 1.807) is 7.05 Å². The third-order valence-corrected chi connectivity index (χ3v) is 3.28. The highest BCUT2D eigenvalue weighted by atomic mass is 16.5. The summed E-state index contributed by atoms with van der Waals surface area (Å²) >= 11 is 0. The van der Waals surface area contributed by atoms with Crippen molar-refractivity contribution < 1.29 is 4.74 Å². The molecule has 124 valence electrons. The minimum Gasteiger partial charge on any atom is -0.489 e. The predicted octanol–water partition coefficient (Wildman–Crippen LogP) is 1.88. The number of ether oxygens (including phenoxy) is 1. The second kappa shape index (κ2) is 10.1. The highest BCUT2D eigenvalue weighted by Gasteiger charge is 2.07. The molecule has 5 heteroatoms.